The smallest absolute Gasteiger partial charge is 0.395 e. The number of carbonyl (C=O) groups excluding carboxylic acids is 1. The van der Waals surface area contributed by atoms with Crippen LogP contribution < -0.4 is 0 Å². The summed E-state index contributed by atoms with van der Waals surface area (Å²) in [5.41, 5.74) is 2.33. The number of hydrogen-bond acceptors (Lipinski definition) is 3. The first kappa shape index (κ1) is 17.2. The summed E-state index contributed by atoms with van der Waals surface area (Å²) in [6.45, 7) is -0.924. The van der Waals surface area contributed by atoms with E-state index in [1.54, 1.807) is 0 Å². The highest BCUT2D eigenvalue weighted by Crippen LogP contribution is 2.38. The normalized spacial score (nSPS) is 24.0. The molecule has 2 aliphatic rings. The Kier molecular flexibility index (Phi) is 4.83. The van der Waals surface area contributed by atoms with E-state index >= 15 is 0 Å². The summed E-state index contributed by atoms with van der Waals surface area (Å²) in [5.74, 6) is -0.481. The van der Waals surface area contributed by atoms with Crippen LogP contribution in [0.15, 0.2) is 24.3 Å². The molecule has 1 aliphatic carbocycles. The van der Waals surface area contributed by atoms with Crippen LogP contribution >= 0.6 is 0 Å². The SMILES string of the molecule is O=C1C(N(CCO)C2CCc3ccccc32)CCN1CC(F)(F)F. The molecule has 3 rings (SSSR count). The van der Waals surface area contributed by atoms with E-state index in [2.05, 4.69) is 0 Å². The van der Waals surface area contributed by atoms with Crippen molar-refractivity contribution in [3.8, 4) is 0 Å². The summed E-state index contributed by atoms with van der Waals surface area (Å²) >= 11 is 0. The van der Waals surface area contributed by atoms with E-state index in [4.69, 9.17) is 0 Å². The van der Waals surface area contributed by atoms with Gasteiger partial charge in [-0.3, -0.25) is 9.69 Å². The molecule has 24 heavy (non-hydrogen) atoms. The molecule has 7 heteroatoms. The summed E-state index contributed by atoms with van der Waals surface area (Å²) in [5, 5.41) is 9.40. The predicted molar refractivity (Wildman–Crippen MR) is 82.3 cm³/mol. The molecule has 1 fully saturated rings. The van der Waals surface area contributed by atoms with Crippen LogP contribution in [0.3, 0.4) is 0 Å². The molecule has 0 bridgehead atoms. The zero-order valence-corrected chi connectivity index (χ0v) is 13.3. The van der Waals surface area contributed by atoms with Crippen LogP contribution in [-0.4, -0.2) is 59.3 Å². The number of aliphatic hydroxyl groups excluding tert-OH is 1. The Labute approximate surface area is 138 Å². The summed E-state index contributed by atoms with van der Waals surface area (Å²) in [6.07, 6.45) is -2.31. The number of nitrogens with zero attached hydrogens (tertiary/aromatic N) is 2. The topological polar surface area (TPSA) is 43.8 Å². The first-order valence-electron chi connectivity index (χ1n) is 8.20. The van der Waals surface area contributed by atoms with Gasteiger partial charge in [0, 0.05) is 19.1 Å². The molecule has 4 nitrogen and oxygen atoms in total. The molecule has 0 aromatic heterocycles. The number of aliphatic hydroxyl groups is 1. The van der Waals surface area contributed by atoms with E-state index in [0.717, 1.165) is 23.3 Å². The molecule has 1 heterocycles. The van der Waals surface area contributed by atoms with Crippen molar-refractivity contribution < 1.29 is 23.1 Å². The molecular formula is C17H21F3N2O2. The predicted octanol–water partition coefficient (Wildman–Crippen LogP) is 2.13. The third-order valence-electron chi connectivity index (χ3n) is 4.90. The number of rotatable bonds is 5. The lowest BCUT2D eigenvalue weighted by atomic mass is 10.0. The number of alkyl halides is 3. The molecule has 2 unspecified atom stereocenters. The van der Waals surface area contributed by atoms with Crippen molar-refractivity contribution in [1.29, 1.82) is 0 Å². The highest BCUT2D eigenvalue weighted by molar-refractivity contribution is 5.84. The molecule has 1 saturated heterocycles. The van der Waals surface area contributed by atoms with Crippen molar-refractivity contribution in [2.24, 2.45) is 0 Å². The molecule has 1 aromatic carbocycles. The number of hydrogen-bond donors (Lipinski definition) is 1. The van der Waals surface area contributed by atoms with Gasteiger partial charge in [0.2, 0.25) is 5.91 Å². The number of carbonyl (C=O) groups is 1. The molecule has 0 radical (unpaired) electrons. The van der Waals surface area contributed by atoms with Crippen LogP contribution in [0.25, 0.3) is 0 Å². The van der Waals surface area contributed by atoms with Crippen molar-refractivity contribution in [3.63, 3.8) is 0 Å². The van der Waals surface area contributed by atoms with Crippen molar-refractivity contribution >= 4 is 5.91 Å². The van der Waals surface area contributed by atoms with E-state index in [1.807, 2.05) is 29.2 Å². The zero-order chi connectivity index (χ0) is 17.3. The van der Waals surface area contributed by atoms with Gasteiger partial charge in [0.05, 0.1) is 12.6 Å². The molecule has 0 saturated carbocycles. The highest BCUT2D eigenvalue weighted by atomic mass is 19.4. The van der Waals surface area contributed by atoms with Gasteiger partial charge in [0.15, 0.2) is 0 Å². The molecule has 1 aromatic rings. The minimum Gasteiger partial charge on any atom is -0.395 e. The number of halogens is 3. The van der Waals surface area contributed by atoms with Gasteiger partial charge in [-0.25, -0.2) is 0 Å². The number of benzene rings is 1. The van der Waals surface area contributed by atoms with E-state index in [9.17, 15) is 23.1 Å². The Bertz CT molecular complexity index is 606. The molecule has 132 valence electrons. The first-order chi connectivity index (χ1) is 11.4. The van der Waals surface area contributed by atoms with Crippen molar-refractivity contribution in [1.82, 2.24) is 9.80 Å². The summed E-state index contributed by atoms with van der Waals surface area (Å²) in [4.78, 5) is 15.2. The second kappa shape index (κ2) is 6.72. The van der Waals surface area contributed by atoms with Crippen molar-refractivity contribution in [2.75, 3.05) is 26.2 Å². The number of amides is 1. The average molecular weight is 342 g/mol. The molecule has 1 N–H and O–H groups in total. The molecule has 1 amide bonds. The van der Waals surface area contributed by atoms with E-state index in [0.29, 0.717) is 6.42 Å². The fourth-order valence-corrected chi connectivity index (χ4v) is 3.93. The Morgan fingerprint density at radius 3 is 2.67 bits per heavy atom. The molecule has 2 atom stereocenters. The van der Waals surface area contributed by atoms with Crippen LogP contribution in [0.4, 0.5) is 13.2 Å². The zero-order valence-electron chi connectivity index (χ0n) is 13.3. The fourth-order valence-electron chi connectivity index (χ4n) is 3.93. The van der Waals surface area contributed by atoms with E-state index in [-0.39, 0.29) is 25.7 Å². The van der Waals surface area contributed by atoms with Gasteiger partial charge >= 0.3 is 6.18 Å². The second-order valence-corrected chi connectivity index (χ2v) is 6.39. The maximum atomic E-state index is 12.6. The monoisotopic (exact) mass is 342 g/mol. The fraction of sp³-hybridized carbons (Fsp3) is 0.588. The quantitative estimate of drug-likeness (QED) is 0.892. The standard InChI is InChI=1S/C17H21F3N2O2/c18-17(19,20)11-21-8-7-15(16(21)24)22(9-10-23)14-6-5-12-3-1-2-4-13(12)14/h1-4,14-15,23H,5-11H2. The van der Waals surface area contributed by atoms with Gasteiger partial charge < -0.3 is 10.0 Å². The van der Waals surface area contributed by atoms with Gasteiger partial charge in [0.1, 0.15) is 6.54 Å². The Morgan fingerprint density at radius 1 is 1.21 bits per heavy atom. The molecular weight excluding hydrogens is 321 g/mol. The van der Waals surface area contributed by atoms with Gasteiger partial charge in [0.25, 0.3) is 0 Å². The maximum absolute atomic E-state index is 12.6. The third kappa shape index (κ3) is 3.42. The van der Waals surface area contributed by atoms with Gasteiger partial charge in [-0.2, -0.15) is 13.2 Å². The second-order valence-electron chi connectivity index (χ2n) is 6.39. The largest absolute Gasteiger partial charge is 0.406 e. The van der Waals surface area contributed by atoms with Crippen LogP contribution in [-0.2, 0) is 11.2 Å². The van der Waals surface area contributed by atoms with Crippen LogP contribution in [0.5, 0.6) is 0 Å². The highest BCUT2D eigenvalue weighted by Gasteiger charge is 2.43. The summed E-state index contributed by atoms with van der Waals surface area (Å²) in [6, 6.07) is 7.33. The molecule has 1 aliphatic heterocycles. The van der Waals surface area contributed by atoms with Crippen molar-refractivity contribution in [3.05, 3.63) is 35.4 Å². The van der Waals surface area contributed by atoms with Crippen molar-refractivity contribution in [2.45, 2.75) is 37.5 Å². The van der Waals surface area contributed by atoms with Crippen LogP contribution in [0.1, 0.15) is 30.0 Å². The minimum atomic E-state index is -4.38. The third-order valence-corrected chi connectivity index (χ3v) is 4.90. The lowest BCUT2D eigenvalue weighted by Gasteiger charge is -2.33. The van der Waals surface area contributed by atoms with Gasteiger partial charge in [-0.1, -0.05) is 24.3 Å². The van der Waals surface area contributed by atoms with Gasteiger partial charge in [-0.15, -0.1) is 0 Å². The number of fused-ring (bicyclic) bond motifs is 1. The Hall–Kier alpha value is -1.60. The minimum absolute atomic E-state index is 0.0202. The first-order valence-corrected chi connectivity index (χ1v) is 8.20. The summed E-state index contributed by atoms with van der Waals surface area (Å²) < 4.78 is 37.8. The Morgan fingerprint density at radius 2 is 1.96 bits per heavy atom. The lowest BCUT2D eigenvalue weighted by molar-refractivity contribution is -0.159. The number of likely N-dealkylation sites (tertiary alicyclic amines) is 1. The maximum Gasteiger partial charge on any atom is 0.406 e. The van der Waals surface area contributed by atoms with E-state index < -0.39 is 24.7 Å². The van der Waals surface area contributed by atoms with E-state index in [1.165, 1.54) is 5.56 Å². The van der Waals surface area contributed by atoms with Crippen LogP contribution in [0.2, 0.25) is 0 Å². The average Bonchev–Trinajstić information content (AvgIpc) is 3.09. The number of aryl methyl sites for hydroxylation is 1. The summed E-state index contributed by atoms with van der Waals surface area (Å²) in [7, 11) is 0. The Balaban J connectivity index is 1.79. The molecule has 0 spiro atoms. The van der Waals surface area contributed by atoms with Crippen LogP contribution in [0, 0.1) is 0 Å². The van der Waals surface area contributed by atoms with Gasteiger partial charge in [-0.05, 0) is 30.4 Å². The lowest BCUT2D eigenvalue weighted by Crippen LogP contribution is -2.46.